The zero-order valence-corrected chi connectivity index (χ0v) is 14.4. The van der Waals surface area contributed by atoms with Gasteiger partial charge in [-0.15, -0.1) is 0 Å². The maximum atomic E-state index is 14.1. The third kappa shape index (κ3) is 3.90. The van der Waals surface area contributed by atoms with Gasteiger partial charge in [0.05, 0.1) is 5.70 Å². The highest BCUT2D eigenvalue weighted by atomic mass is 35.5. The Morgan fingerprint density at radius 1 is 1.55 bits per heavy atom. The highest BCUT2D eigenvalue weighted by Crippen LogP contribution is 2.40. The summed E-state index contributed by atoms with van der Waals surface area (Å²) in [6.45, 7) is 7.93. The van der Waals surface area contributed by atoms with Gasteiger partial charge < -0.3 is 5.32 Å². The van der Waals surface area contributed by atoms with Crippen molar-refractivity contribution in [3.63, 3.8) is 0 Å². The fraction of sp³-hybridized carbons (Fsp3) is 0.438. The summed E-state index contributed by atoms with van der Waals surface area (Å²) in [5.74, 6) is 0.144. The summed E-state index contributed by atoms with van der Waals surface area (Å²) < 4.78 is 14.1. The van der Waals surface area contributed by atoms with Gasteiger partial charge in [-0.3, -0.25) is 10.1 Å². The van der Waals surface area contributed by atoms with Crippen LogP contribution in [-0.2, 0) is 5.54 Å². The second kappa shape index (κ2) is 7.13. The Balaban J connectivity index is 2.20. The van der Waals surface area contributed by atoms with E-state index < -0.39 is 5.54 Å². The minimum atomic E-state index is -0.626. The molecule has 1 aliphatic carbocycles. The molecule has 0 unspecified atom stereocenters. The van der Waals surface area contributed by atoms with Crippen molar-refractivity contribution < 1.29 is 4.39 Å². The fourth-order valence-corrected chi connectivity index (χ4v) is 3.39. The molecular formula is C16H21ClFN3S. The molecule has 3 nitrogen and oxygen atoms in total. The molecule has 0 saturated heterocycles. The molecule has 1 fully saturated rings. The quantitative estimate of drug-likeness (QED) is 0.576. The van der Waals surface area contributed by atoms with E-state index in [1.807, 2.05) is 13.8 Å². The molecule has 0 heterocycles. The monoisotopic (exact) mass is 341 g/mol. The van der Waals surface area contributed by atoms with Crippen LogP contribution in [0.15, 0.2) is 33.8 Å². The third-order valence-electron chi connectivity index (χ3n) is 3.84. The topological polar surface area (TPSA) is 50.4 Å². The summed E-state index contributed by atoms with van der Waals surface area (Å²) in [7, 11) is 0. The third-order valence-corrected chi connectivity index (χ3v) is 4.79. The van der Waals surface area contributed by atoms with E-state index >= 15 is 0 Å². The van der Waals surface area contributed by atoms with Crippen LogP contribution in [0.25, 0.3) is 0 Å². The van der Waals surface area contributed by atoms with E-state index in [2.05, 4.69) is 17.0 Å². The van der Waals surface area contributed by atoms with Crippen molar-refractivity contribution >= 4 is 30.3 Å². The van der Waals surface area contributed by atoms with Crippen molar-refractivity contribution in [2.75, 3.05) is 6.54 Å². The lowest BCUT2D eigenvalue weighted by atomic mass is 9.93. The molecule has 120 valence electrons. The summed E-state index contributed by atoms with van der Waals surface area (Å²) in [6.07, 6.45) is 2.25. The largest absolute Gasteiger partial charge is 0.303 e. The Morgan fingerprint density at radius 3 is 2.73 bits per heavy atom. The van der Waals surface area contributed by atoms with Crippen LogP contribution in [0.5, 0.6) is 0 Å². The minimum Gasteiger partial charge on any atom is -0.303 e. The maximum Gasteiger partial charge on any atom is 0.129 e. The lowest BCUT2D eigenvalue weighted by molar-refractivity contribution is 0.402. The van der Waals surface area contributed by atoms with E-state index in [0.717, 1.165) is 23.4 Å². The molecule has 1 saturated carbocycles. The van der Waals surface area contributed by atoms with Gasteiger partial charge in [0.15, 0.2) is 0 Å². The highest BCUT2D eigenvalue weighted by molar-refractivity contribution is 8.01. The molecule has 0 atom stereocenters. The molecule has 1 aromatic rings. The predicted molar refractivity (Wildman–Crippen MR) is 93.5 cm³/mol. The molecule has 0 aliphatic heterocycles. The van der Waals surface area contributed by atoms with E-state index in [1.54, 1.807) is 12.1 Å². The van der Waals surface area contributed by atoms with Crippen LogP contribution in [0.2, 0.25) is 5.02 Å². The number of aliphatic imine (C=N–C) groups is 1. The van der Waals surface area contributed by atoms with Crippen LogP contribution in [0, 0.1) is 11.7 Å². The Labute approximate surface area is 140 Å². The average molecular weight is 342 g/mol. The highest BCUT2D eigenvalue weighted by Gasteiger charge is 2.30. The maximum absolute atomic E-state index is 14.1. The molecule has 22 heavy (non-hydrogen) atoms. The summed E-state index contributed by atoms with van der Waals surface area (Å²) >= 11 is 7.33. The zero-order valence-electron chi connectivity index (χ0n) is 12.8. The number of nitrogens with one attached hydrogen (secondary N) is 1. The first-order valence-electron chi connectivity index (χ1n) is 7.16. The first-order chi connectivity index (χ1) is 10.4. The molecule has 0 spiro atoms. The van der Waals surface area contributed by atoms with Gasteiger partial charge in [0.25, 0.3) is 0 Å². The van der Waals surface area contributed by atoms with Crippen LogP contribution >= 0.6 is 23.5 Å². The number of nitrogens with two attached hydrogens (primary N) is 1. The molecule has 0 amide bonds. The molecule has 2 rings (SSSR count). The Bertz CT molecular complexity index is 577. The number of nitrogens with zero attached hydrogens (tertiary/aromatic N) is 1. The lowest BCUT2D eigenvalue weighted by Gasteiger charge is -2.29. The summed E-state index contributed by atoms with van der Waals surface area (Å²) in [6, 6.07) is 4.71. The lowest BCUT2D eigenvalue weighted by Crippen LogP contribution is -2.39. The standard InChI is InChI=1S/C16H21ClFN3S/c1-16(2,14-11(17)5-4-6-12(14)18)21-9-13(22-19)15(20-3)10-7-8-10/h4-6,10,21H,3,7-9,19H2,1-2H3/b15-13-. The van der Waals surface area contributed by atoms with Crippen LogP contribution in [-0.4, -0.2) is 13.3 Å². The van der Waals surface area contributed by atoms with Crippen LogP contribution in [0.4, 0.5) is 4.39 Å². The van der Waals surface area contributed by atoms with Gasteiger partial charge in [0.1, 0.15) is 5.82 Å². The normalized spacial score (nSPS) is 16.4. The zero-order chi connectivity index (χ0) is 16.3. The second-order valence-electron chi connectivity index (χ2n) is 5.93. The number of hydrogen-bond donors (Lipinski definition) is 2. The first-order valence-corrected chi connectivity index (χ1v) is 8.42. The van der Waals surface area contributed by atoms with E-state index in [-0.39, 0.29) is 5.82 Å². The molecule has 0 radical (unpaired) electrons. The fourth-order valence-electron chi connectivity index (χ4n) is 2.48. The van der Waals surface area contributed by atoms with Crippen LogP contribution in [0.1, 0.15) is 32.3 Å². The number of hydrogen-bond acceptors (Lipinski definition) is 4. The van der Waals surface area contributed by atoms with Gasteiger partial charge in [0.2, 0.25) is 0 Å². The van der Waals surface area contributed by atoms with Crippen LogP contribution < -0.4 is 10.5 Å². The molecule has 6 heteroatoms. The number of halogens is 2. The molecule has 1 aliphatic rings. The smallest absolute Gasteiger partial charge is 0.129 e. The van der Waals surface area contributed by atoms with Crippen molar-refractivity contribution in [3.8, 4) is 0 Å². The molecular weight excluding hydrogens is 321 g/mol. The summed E-state index contributed by atoms with van der Waals surface area (Å²) in [4.78, 5) is 5.06. The molecule has 0 bridgehead atoms. The second-order valence-corrected chi connectivity index (χ2v) is 7.07. The summed E-state index contributed by atoms with van der Waals surface area (Å²) in [5, 5.41) is 9.52. The van der Waals surface area contributed by atoms with Crippen molar-refractivity contribution in [2.45, 2.75) is 32.2 Å². The van der Waals surface area contributed by atoms with Crippen molar-refractivity contribution in [1.29, 1.82) is 0 Å². The van der Waals surface area contributed by atoms with Gasteiger partial charge in [-0.2, -0.15) is 0 Å². The van der Waals surface area contributed by atoms with Crippen molar-refractivity contribution in [2.24, 2.45) is 16.0 Å². The predicted octanol–water partition coefficient (Wildman–Crippen LogP) is 4.23. The van der Waals surface area contributed by atoms with E-state index in [1.165, 1.54) is 18.0 Å². The van der Waals surface area contributed by atoms with Gasteiger partial charge in [-0.1, -0.05) is 17.7 Å². The number of rotatable bonds is 7. The van der Waals surface area contributed by atoms with Crippen molar-refractivity contribution in [1.82, 2.24) is 5.32 Å². The minimum absolute atomic E-state index is 0.319. The van der Waals surface area contributed by atoms with Crippen molar-refractivity contribution in [3.05, 3.63) is 45.2 Å². The van der Waals surface area contributed by atoms with Crippen LogP contribution in [0.3, 0.4) is 0 Å². The Hall–Kier alpha value is -0.880. The summed E-state index contributed by atoms with van der Waals surface area (Å²) in [5.41, 5.74) is 0.784. The Morgan fingerprint density at radius 2 is 2.23 bits per heavy atom. The van der Waals surface area contributed by atoms with Gasteiger partial charge >= 0.3 is 0 Å². The molecule has 3 N–H and O–H groups in total. The first kappa shape index (κ1) is 17.5. The Kier molecular flexibility index (Phi) is 5.66. The van der Waals surface area contributed by atoms with E-state index in [0.29, 0.717) is 23.0 Å². The molecule has 1 aromatic carbocycles. The van der Waals surface area contributed by atoms with E-state index in [4.69, 9.17) is 16.7 Å². The average Bonchev–Trinajstić information content (AvgIpc) is 3.27. The SMILES string of the molecule is C=N/C(=C(/CNC(C)(C)c1c(F)cccc1Cl)SN)C1CC1. The molecule has 0 aromatic heterocycles. The number of benzene rings is 1. The number of allylic oxidation sites excluding steroid dienone is 1. The van der Waals surface area contributed by atoms with E-state index in [9.17, 15) is 4.39 Å². The van der Waals surface area contributed by atoms with Gasteiger partial charge in [-0.25, -0.2) is 4.39 Å². The van der Waals surface area contributed by atoms with Gasteiger partial charge in [-0.05, 0) is 57.5 Å². The van der Waals surface area contributed by atoms with Gasteiger partial charge in [0, 0.05) is 33.5 Å².